The van der Waals surface area contributed by atoms with Crippen molar-refractivity contribution < 1.29 is 29.3 Å². The van der Waals surface area contributed by atoms with Crippen molar-refractivity contribution >= 4 is 18.0 Å². The van der Waals surface area contributed by atoms with Gasteiger partial charge in [0.05, 0.1) is 17.4 Å². The van der Waals surface area contributed by atoms with Crippen LogP contribution >= 0.6 is 0 Å². The number of fused-ring (bicyclic) bond motifs is 4. The molecule has 0 bridgehead atoms. The zero-order chi connectivity index (χ0) is 24.8. The number of amides is 2. The van der Waals surface area contributed by atoms with Crippen molar-refractivity contribution in [3.63, 3.8) is 0 Å². The molecule has 2 fully saturated rings. The van der Waals surface area contributed by atoms with Gasteiger partial charge in [-0.05, 0) is 54.4 Å². The highest BCUT2D eigenvalue weighted by atomic mass is 16.5. The summed E-state index contributed by atoms with van der Waals surface area (Å²) in [5.74, 6) is -1.16. The van der Waals surface area contributed by atoms with E-state index in [1.54, 1.807) is 0 Å². The van der Waals surface area contributed by atoms with Crippen molar-refractivity contribution in [1.29, 1.82) is 0 Å². The smallest absolute Gasteiger partial charge is 0.407 e. The van der Waals surface area contributed by atoms with Crippen LogP contribution in [-0.2, 0) is 14.3 Å². The van der Waals surface area contributed by atoms with Crippen molar-refractivity contribution in [2.75, 3.05) is 13.2 Å². The average Bonchev–Trinajstić information content (AvgIpc) is 3.24. The van der Waals surface area contributed by atoms with E-state index in [0.717, 1.165) is 17.5 Å². The third-order valence-electron chi connectivity index (χ3n) is 7.69. The molecule has 2 amide bonds. The second-order valence-corrected chi connectivity index (χ2v) is 10.4. The number of hydrogen-bond acceptors (Lipinski definition) is 5. The summed E-state index contributed by atoms with van der Waals surface area (Å²) in [6.07, 6.45) is 1.01. The molecule has 0 aromatic heterocycles. The lowest BCUT2D eigenvalue weighted by molar-refractivity contribution is -0.142. The monoisotopic (exact) mass is 478 g/mol. The van der Waals surface area contributed by atoms with Crippen LogP contribution in [0.15, 0.2) is 48.5 Å². The van der Waals surface area contributed by atoms with Crippen molar-refractivity contribution in [3.05, 3.63) is 59.7 Å². The molecule has 2 saturated carbocycles. The van der Waals surface area contributed by atoms with Crippen LogP contribution in [-0.4, -0.2) is 53.0 Å². The molecular formula is C27H30N2O6. The van der Waals surface area contributed by atoms with E-state index in [0.29, 0.717) is 12.8 Å². The Morgan fingerprint density at radius 3 is 2.31 bits per heavy atom. The van der Waals surface area contributed by atoms with Gasteiger partial charge in [0, 0.05) is 18.5 Å². The molecule has 4 atom stereocenters. The quantitative estimate of drug-likeness (QED) is 0.462. The molecule has 0 saturated heterocycles. The number of hydrogen-bond donors (Lipinski definition) is 4. The highest BCUT2D eigenvalue weighted by Crippen LogP contribution is 2.63. The summed E-state index contributed by atoms with van der Waals surface area (Å²) in [7, 11) is 0. The number of carboxylic acids is 1. The Kier molecular flexibility index (Phi) is 5.79. The van der Waals surface area contributed by atoms with E-state index in [9.17, 15) is 19.5 Å². The van der Waals surface area contributed by atoms with Gasteiger partial charge in [0.1, 0.15) is 6.61 Å². The molecule has 0 radical (unpaired) electrons. The summed E-state index contributed by atoms with van der Waals surface area (Å²) in [6, 6.07) is 16.2. The molecule has 3 aliphatic carbocycles. The number of carbonyl (C=O) groups excluding carboxylic acids is 2. The van der Waals surface area contributed by atoms with Gasteiger partial charge in [-0.3, -0.25) is 9.59 Å². The van der Waals surface area contributed by atoms with Crippen LogP contribution in [0.1, 0.15) is 49.7 Å². The van der Waals surface area contributed by atoms with E-state index in [1.165, 1.54) is 18.1 Å². The summed E-state index contributed by atoms with van der Waals surface area (Å²) in [5, 5.41) is 24.7. The Morgan fingerprint density at radius 2 is 1.69 bits per heavy atom. The zero-order valence-corrected chi connectivity index (χ0v) is 19.6. The van der Waals surface area contributed by atoms with Crippen molar-refractivity contribution in [2.24, 2.45) is 11.3 Å². The van der Waals surface area contributed by atoms with E-state index in [4.69, 9.17) is 9.84 Å². The second-order valence-electron chi connectivity index (χ2n) is 10.4. The van der Waals surface area contributed by atoms with Crippen LogP contribution < -0.4 is 10.6 Å². The summed E-state index contributed by atoms with van der Waals surface area (Å²) in [6.45, 7) is 1.50. The first-order valence-electron chi connectivity index (χ1n) is 12.0. The minimum absolute atomic E-state index is 0.0131. The molecular weight excluding hydrogens is 448 g/mol. The van der Waals surface area contributed by atoms with Gasteiger partial charge in [0.2, 0.25) is 5.91 Å². The maximum Gasteiger partial charge on any atom is 0.407 e. The molecule has 8 heteroatoms. The maximum atomic E-state index is 12.8. The second kappa shape index (κ2) is 8.68. The van der Waals surface area contributed by atoms with Gasteiger partial charge in [0.15, 0.2) is 0 Å². The van der Waals surface area contributed by atoms with Gasteiger partial charge >= 0.3 is 12.1 Å². The number of aliphatic hydroxyl groups is 1. The van der Waals surface area contributed by atoms with Crippen LogP contribution in [0.25, 0.3) is 11.1 Å². The standard InChI is InChI=1S/C27H30N2O6/c1-26(34,13-23(30)31)15-28-24(32)27-11-16(27)10-17(12-27)29-25(33)35-14-22-20-8-4-2-6-18(20)19-7-3-5-9-21(19)22/h2-9,16-17,22,34H,10-15H2,1H3,(H,28,32)(H,29,33)(H,30,31)/t16-,17+,26?,27+/m0/s1. The largest absolute Gasteiger partial charge is 0.481 e. The first-order valence-corrected chi connectivity index (χ1v) is 12.0. The van der Waals surface area contributed by atoms with Gasteiger partial charge in [-0.25, -0.2) is 4.79 Å². The van der Waals surface area contributed by atoms with Crippen molar-refractivity contribution in [1.82, 2.24) is 10.6 Å². The Morgan fingerprint density at radius 1 is 1.06 bits per heavy atom. The molecule has 0 aliphatic heterocycles. The third-order valence-corrected chi connectivity index (χ3v) is 7.69. The molecule has 5 rings (SSSR count). The fourth-order valence-electron chi connectivity index (χ4n) is 5.93. The van der Waals surface area contributed by atoms with Crippen molar-refractivity contribution in [2.45, 2.75) is 50.2 Å². The average molecular weight is 479 g/mol. The van der Waals surface area contributed by atoms with Crippen LogP contribution in [0.5, 0.6) is 0 Å². The lowest BCUT2D eigenvalue weighted by atomic mass is 9.98. The number of carbonyl (C=O) groups is 3. The highest BCUT2D eigenvalue weighted by molar-refractivity contribution is 5.87. The Hall–Kier alpha value is -3.39. The van der Waals surface area contributed by atoms with Gasteiger partial charge in [-0.2, -0.15) is 0 Å². The lowest BCUT2D eigenvalue weighted by Gasteiger charge is -2.24. The fourth-order valence-corrected chi connectivity index (χ4v) is 5.93. The van der Waals surface area contributed by atoms with E-state index in [-0.39, 0.29) is 36.9 Å². The van der Waals surface area contributed by atoms with E-state index in [1.807, 2.05) is 24.3 Å². The summed E-state index contributed by atoms with van der Waals surface area (Å²) >= 11 is 0. The number of rotatable bonds is 8. The molecule has 3 aliphatic rings. The predicted octanol–water partition coefficient (Wildman–Crippen LogP) is 3.04. The molecule has 2 aromatic carbocycles. The predicted molar refractivity (Wildman–Crippen MR) is 128 cm³/mol. The molecule has 1 unspecified atom stereocenters. The Labute approximate surface area is 203 Å². The first-order chi connectivity index (χ1) is 16.7. The topological polar surface area (TPSA) is 125 Å². The Bertz CT molecular complexity index is 1130. The number of ether oxygens (including phenoxy) is 1. The number of benzene rings is 2. The van der Waals surface area contributed by atoms with Crippen molar-refractivity contribution in [3.8, 4) is 11.1 Å². The molecule has 8 nitrogen and oxygen atoms in total. The highest BCUT2D eigenvalue weighted by Gasteiger charge is 2.65. The van der Waals surface area contributed by atoms with Gasteiger partial charge in [0.25, 0.3) is 0 Å². The molecule has 4 N–H and O–H groups in total. The zero-order valence-electron chi connectivity index (χ0n) is 19.6. The molecule has 0 spiro atoms. The number of carboxylic acid groups (broad SMARTS) is 1. The van der Waals surface area contributed by atoms with Crippen LogP contribution in [0.4, 0.5) is 4.79 Å². The molecule has 184 valence electrons. The minimum Gasteiger partial charge on any atom is -0.481 e. The van der Waals surface area contributed by atoms with Crippen LogP contribution in [0.3, 0.4) is 0 Å². The normalized spacial score (nSPS) is 25.5. The number of nitrogens with one attached hydrogen (secondary N) is 2. The maximum absolute atomic E-state index is 12.8. The summed E-state index contributed by atoms with van der Waals surface area (Å²) in [5.41, 5.74) is 2.57. The molecule has 0 heterocycles. The number of aliphatic carboxylic acids is 1. The first kappa shape index (κ1) is 23.4. The van der Waals surface area contributed by atoms with Gasteiger partial charge in [-0.1, -0.05) is 48.5 Å². The SMILES string of the molecule is CC(O)(CNC(=O)[C@]12C[C@H](NC(=O)OCC3c4ccccc4-c4ccccc43)C[C@H]1C2)CC(=O)O. The van der Waals surface area contributed by atoms with E-state index in [2.05, 4.69) is 34.9 Å². The molecule has 35 heavy (non-hydrogen) atoms. The minimum atomic E-state index is -1.51. The fraction of sp³-hybridized carbons (Fsp3) is 0.444. The van der Waals surface area contributed by atoms with Crippen LogP contribution in [0, 0.1) is 11.3 Å². The van der Waals surface area contributed by atoms with Gasteiger partial charge < -0.3 is 25.6 Å². The summed E-state index contributed by atoms with van der Waals surface area (Å²) < 4.78 is 5.63. The lowest BCUT2D eigenvalue weighted by Crippen LogP contribution is -2.45. The van der Waals surface area contributed by atoms with E-state index < -0.39 is 29.5 Å². The summed E-state index contributed by atoms with van der Waals surface area (Å²) in [4.78, 5) is 36.3. The van der Waals surface area contributed by atoms with Crippen LogP contribution in [0.2, 0.25) is 0 Å². The number of alkyl carbamates (subject to hydrolysis) is 1. The third kappa shape index (κ3) is 4.50. The Balaban J connectivity index is 1.14. The van der Waals surface area contributed by atoms with Gasteiger partial charge in [-0.15, -0.1) is 0 Å². The van der Waals surface area contributed by atoms with E-state index >= 15 is 0 Å². The molecule has 2 aromatic rings.